The van der Waals surface area contributed by atoms with Gasteiger partial charge in [0.15, 0.2) is 0 Å². The number of fused-ring (bicyclic) bond motifs is 12. The lowest BCUT2D eigenvalue weighted by Gasteiger charge is -2.39. The highest BCUT2D eigenvalue weighted by molar-refractivity contribution is 7.99. The quantitative estimate of drug-likeness (QED) is 0.158. The second-order valence-electron chi connectivity index (χ2n) is 16.8. The second-order valence-corrected chi connectivity index (χ2v) is 18.9. The molecule has 10 aromatic carbocycles. The Morgan fingerprint density at radius 3 is 1.45 bits per heavy atom. The summed E-state index contributed by atoms with van der Waals surface area (Å²) in [6.07, 6.45) is 0. The Balaban J connectivity index is 1.11. The number of benzene rings is 10. The fourth-order valence-electron chi connectivity index (χ4n) is 10.6. The monoisotopic (exact) mass is 864 g/mol. The van der Waals surface area contributed by atoms with Crippen LogP contribution in [-0.4, -0.2) is 0 Å². The van der Waals surface area contributed by atoms with Gasteiger partial charge in [0, 0.05) is 52.7 Å². The lowest BCUT2D eigenvalue weighted by atomic mass is 9.67. The van der Waals surface area contributed by atoms with Crippen molar-refractivity contribution in [3.8, 4) is 22.3 Å². The first-order chi connectivity index (χ1) is 32.3. The molecule has 13 rings (SSSR count). The number of rotatable bonds is 7. The third-order valence-corrected chi connectivity index (χ3v) is 15.6. The zero-order valence-electron chi connectivity index (χ0n) is 35.3. The number of anilines is 6. The summed E-state index contributed by atoms with van der Waals surface area (Å²) < 4.78 is 2.53. The molecular weight excluding hydrogens is 825 g/mol. The summed E-state index contributed by atoms with van der Waals surface area (Å²) in [7, 11) is 0. The van der Waals surface area contributed by atoms with Crippen LogP contribution in [0.25, 0.3) is 42.4 Å². The number of hydrogen-bond acceptors (Lipinski definition) is 4. The van der Waals surface area contributed by atoms with Gasteiger partial charge in [0.2, 0.25) is 0 Å². The van der Waals surface area contributed by atoms with Crippen LogP contribution in [0.1, 0.15) is 22.3 Å². The SMILES string of the molecule is c1ccc(-c2cccc3c2sc2cc(N(c4ccccc4)c4ccc5c(c4)-c4ccccc4C54c5ccccc5Sc5ccccc54)c(N(c4ccccc4)c4ccccc4)cc23)cc1. The number of para-hydroxylation sites is 3. The Morgan fingerprint density at radius 2 is 0.815 bits per heavy atom. The van der Waals surface area contributed by atoms with E-state index in [1.807, 2.05) is 23.1 Å². The molecule has 0 unspecified atom stereocenters. The molecule has 1 spiro atoms. The summed E-state index contributed by atoms with van der Waals surface area (Å²) in [5.41, 5.74) is 16.5. The highest BCUT2D eigenvalue weighted by Gasteiger charge is 2.50. The molecule has 0 N–H and O–H groups in total. The molecular formula is C61H40N2S2. The van der Waals surface area contributed by atoms with Gasteiger partial charge in [-0.15, -0.1) is 11.3 Å². The number of thiophene rings is 1. The topological polar surface area (TPSA) is 6.48 Å². The van der Waals surface area contributed by atoms with Crippen molar-refractivity contribution in [2.75, 3.05) is 9.80 Å². The molecule has 65 heavy (non-hydrogen) atoms. The fourth-order valence-corrected chi connectivity index (χ4v) is 13.0. The van der Waals surface area contributed by atoms with Crippen molar-refractivity contribution in [3.63, 3.8) is 0 Å². The minimum atomic E-state index is -0.449. The maximum absolute atomic E-state index is 2.49. The fraction of sp³-hybridized carbons (Fsp3) is 0.0164. The Hall–Kier alpha value is -7.63. The van der Waals surface area contributed by atoms with Crippen molar-refractivity contribution in [1.82, 2.24) is 0 Å². The molecule has 1 aliphatic carbocycles. The zero-order chi connectivity index (χ0) is 42.9. The molecule has 11 aromatic rings. The van der Waals surface area contributed by atoms with Crippen LogP contribution in [0.5, 0.6) is 0 Å². The van der Waals surface area contributed by atoms with E-state index in [2.05, 4.69) is 252 Å². The first-order valence-electron chi connectivity index (χ1n) is 22.2. The van der Waals surface area contributed by atoms with Gasteiger partial charge in [0.1, 0.15) is 0 Å². The van der Waals surface area contributed by atoms with Crippen LogP contribution in [-0.2, 0) is 5.41 Å². The molecule has 1 aromatic heterocycles. The van der Waals surface area contributed by atoms with Crippen molar-refractivity contribution in [2.24, 2.45) is 0 Å². The van der Waals surface area contributed by atoms with E-state index in [1.54, 1.807) is 0 Å². The minimum absolute atomic E-state index is 0.449. The van der Waals surface area contributed by atoms with Crippen molar-refractivity contribution in [2.45, 2.75) is 15.2 Å². The Morgan fingerprint density at radius 1 is 0.323 bits per heavy atom. The second kappa shape index (κ2) is 15.3. The summed E-state index contributed by atoms with van der Waals surface area (Å²) in [5, 5.41) is 2.50. The summed E-state index contributed by atoms with van der Waals surface area (Å²) >= 11 is 3.77. The maximum atomic E-state index is 2.49. The van der Waals surface area contributed by atoms with E-state index in [-0.39, 0.29) is 0 Å². The molecule has 0 radical (unpaired) electrons. The predicted octanol–water partition coefficient (Wildman–Crippen LogP) is 17.5. The van der Waals surface area contributed by atoms with Crippen molar-refractivity contribution in [3.05, 3.63) is 265 Å². The normalized spacial score (nSPS) is 13.0. The Labute approximate surface area is 387 Å². The summed E-state index contributed by atoms with van der Waals surface area (Å²) in [5.74, 6) is 0. The molecule has 0 saturated heterocycles. The molecule has 0 bridgehead atoms. The standard InChI is InChI=1S/C61H40N2S2/c1-5-20-41(21-6-1)46-29-19-30-48-50-39-55(62(42-22-7-2-8-23-42)43-24-9-3-10-25-43)56(40-59(50)65-60(46)48)63(44-26-11-4-12-27-44)45-36-37-52-49(38-45)47-28-13-14-31-51(47)61(52)53-32-15-17-34-57(53)64-58-35-18-16-33-54(58)61/h1-40H. The third-order valence-electron chi connectivity index (χ3n) is 13.3. The van der Waals surface area contributed by atoms with Gasteiger partial charge in [0.05, 0.1) is 16.8 Å². The van der Waals surface area contributed by atoms with Crippen LogP contribution >= 0.6 is 23.1 Å². The molecule has 2 heterocycles. The average molecular weight is 865 g/mol. The van der Waals surface area contributed by atoms with E-state index in [1.165, 1.54) is 74.5 Å². The Kier molecular flexibility index (Phi) is 8.90. The average Bonchev–Trinajstić information content (AvgIpc) is 3.88. The predicted molar refractivity (Wildman–Crippen MR) is 276 cm³/mol. The third kappa shape index (κ3) is 5.88. The van der Waals surface area contributed by atoms with Crippen LogP contribution in [0.4, 0.5) is 34.1 Å². The lowest BCUT2D eigenvalue weighted by molar-refractivity contribution is 0.722. The maximum Gasteiger partial charge on any atom is 0.0735 e. The molecule has 4 heteroatoms. The summed E-state index contributed by atoms with van der Waals surface area (Å²) in [6, 6.07) is 89.5. The van der Waals surface area contributed by atoms with Gasteiger partial charge in [-0.3, -0.25) is 0 Å². The lowest BCUT2D eigenvalue weighted by Crippen LogP contribution is -2.31. The van der Waals surface area contributed by atoms with Crippen molar-refractivity contribution in [1.29, 1.82) is 0 Å². The van der Waals surface area contributed by atoms with Gasteiger partial charge in [0.25, 0.3) is 0 Å². The van der Waals surface area contributed by atoms with Gasteiger partial charge >= 0.3 is 0 Å². The van der Waals surface area contributed by atoms with Crippen LogP contribution < -0.4 is 9.80 Å². The minimum Gasteiger partial charge on any atom is -0.308 e. The van der Waals surface area contributed by atoms with E-state index >= 15 is 0 Å². The first kappa shape index (κ1) is 37.9. The van der Waals surface area contributed by atoms with Crippen LogP contribution in [0.15, 0.2) is 252 Å². The Bertz CT molecular complexity index is 3500. The van der Waals surface area contributed by atoms with Crippen LogP contribution in [0.2, 0.25) is 0 Å². The highest BCUT2D eigenvalue weighted by atomic mass is 32.2. The van der Waals surface area contributed by atoms with E-state index in [4.69, 9.17) is 0 Å². The molecule has 0 saturated carbocycles. The van der Waals surface area contributed by atoms with Gasteiger partial charge in [-0.1, -0.05) is 182 Å². The van der Waals surface area contributed by atoms with Gasteiger partial charge in [-0.2, -0.15) is 0 Å². The van der Waals surface area contributed by atoms with E-state index < -0.39 is 5.41 Å². The van der Waals surface area contributed by atoms with Crippen molar-refractivity contribution >= 4 is 77.4 Å². The zero-order valence-corrected chi connectivity index (χ0v) is 36.9. The van der Waals surface area contributed by atoms with E-state index in [9.17, 15) is 0 Å². The molecule has 0 amide bonds. The van der Waals surface area contributed by atoms with E-state index in [0.29, 0.717) is 0 Å². The molecule has 0 fully saturated rings. The highest BCUT2D eigenvalue weighted by Crippen LogP contribution is 2.63. The molecule has 2 nitrogen and oxygen atoms in total. The van der Waals surface area contributed by atoms with E-state index in [0.717, 1.165) is 34.1 Å². The number of nitrogens with zero attached hydrogens (tertiary/aromatic N) is 2. The first-order valence-corrected chi connectivity index (χ1v) is 23.8. The summed E-state index contributed by atoms with van der Waals surface area (Å²) in [4.78, 5) is 7.54. The molecule has 306 valence electrons. The van der Waals surface area contributed by atoms with Gasteiger partial charge in [-0.25, -0.2) is 0 Å². The largest absolute Gasteiger partial charge is 0.308 e. The molecule has 2 aliphatic rings. The van der Waals surface area contributed by atoms with Crippen LogP contribution in [0.3, 0.4) is 0 Å². The molecule has 1 aliphatic heterocycles. The van der Waals surface area contributed by atoms with Crippen molar-refractivity contribution < 1.29 is 0 Å². The number of hydrogen-bond donors (Lipinski definition) is 0. The van der Waals surface area contributed by atoms with Gasteiger partial charge < -0.3 is 9.80 Å². The van der Waals surface area contributed by atoms with Gasteiger partial charge in [-0.05, 0) is 117 Å². The van der Waals surface area contributed by atoms with Crippen LogP contribution in [0, 0.1) is 0 Å². The summed E-state index contributed by atoms with van der Waals surface area (Å²) in [6.45, 7) is 0. The molecule has 0 atom stereocenters. The smallest absolute Gasteiger partial charge is 0.0735 e.